The van der Waals surface area contributed by atoms with Gasteiger partial charge in [-0.2, -0.15) is 13.2 Å². The molecule has 0 saturated heterocycles. The monoisotopic (exact) mass is 295 g/mol. The van der Waals surface area contributed by atoms with Crippen molar-refractivity contribution < 1.29 is 22.7 Å². The Morgan fingerprint density at radius 1 is 1.00 bits per heavy atom. The van der Waals surface area contributed by atoms with Gasteiger partial charge in [0.15, 0.2) is 0 Å². The molecule has 0 unspecified atom stereocenters. The van der Waals surface area contributed by atoms with Crippen LogP contribution in [0, 0.1) is 0 Å². The molecule has 2 rings (SSSR count). The van der Waals surface area contributed by atoms with E-state index < -0.39 is 17.7 Å². The molecule has 110 valence electrons. The van der Waals surface area contributed by atoms with Gasteiger partial charge in [-0.25, -0.2) is 4.79 Å². The second kappa shape index (κ2) is 5.87. The van der Waals surface area contributed by atoms with E-state index in [4.69, 9.17) is 0 Å². The number of para-hydroxylation sites is 2. The van der Waals surface area contributed by atoms with Gasteiger partial charge in [0.1, 0.15) is 0 Å². The fraction of sp³-hybridized carbons (Fsp3) is 0.133. The van der Waals surface area contributed by atoms with Crippen LogP contribution in [0.5, 0.6) is 0 Å². The minimum Gasteiger partial charge on any atom is -0.465 e. The van der Waals surface area contributed by atoms with Crippen molar-refractivity contribution in [3.63, 3.8) is 0 Å². The minimum absolute atomic E-state index is 0.124. The molecule has 0 spiro atoms. The molecule has 0 radical (unpaired) electrons. The molecule has 21 heavy (non-hydrogen) atoms. The summed E-state index contributed by atoms with van der Waals surface area (Å²) >= 11 is 0. The van der Waals surface area contributed by atoms with Crippen LogP contribution in [0.15, 0.2) is 48.5 Å². The molecule has 0 amide bonds. The summed E-state index contributed by atoms with van der Waals surface area (Å²) in [4.78, 5) is 11.6. The molecule has 2 aromatic carbocycles. The number of ether oxygens (including phenoxy) is 1. The molecule has 0 fully saturated rings. The number of benzene rings is 2. The highest BCUT2D eigenvalue weighted by molar-refractivity contribution is 5.96. The molecule has 0 heterocycles. The Morgan fingerprint density at radius 2 is 1.57 bits per heavy atom. The maximum Gasteiger partial charge on any atom is 0.418 e. The predicted octanol–water partition coefficient (Wildman–Crippen LogP) is 4.24. The van der Waals surface area contributed by atoms with Crippen LogP contribution in [0.1, 0.15) is 15.9 Å². The number of methoxy groups -OCH3 is 1. The van der Waals surface area contributed by atoms with Crippen LogP contribution in [0.2, 0.25) is 0 Å². The summed E-state index contributed by atoms with van der Waals surface area (Å²) < 4.78 is 43.4. The van der Waals surface area contributed by atoms with Crippen molar-refractivity contribution >= 4 is 17.3 Å². The fourth-order valence-electron chi connectivity index (χ4n) is 1.86. The quantitative estimate of drug-likeness (QED) is 0.861. The summed E-state index contributed by atoms with van der Waals surface area (Å²) in [6, 6.07) is 11.3. The summed E-state index contributed by atoms with van der Waals surface area (Å²) in [6.45, 7) is 0. The van der Waals surface area contributed by atoms with E-state index in [-0.39, 0.29) is 16.9 Å². The Hall–Kier alpha value is -2.50. The van der Waals surface area contributed by atoms with E-state index >= 15 is 0 Å². The first-order valence-corrected chi connectivity index (χ1v) is 6.04. The van der Waals surface area contributed by atoms with Crippen molar-refractivity contribution in [3.8, 4) is 0 Å². The molecule has 0 aromatic heterocycles. The Bertz CT molecular complexity index is 653. The summed E-state index contributed by atoms with van der Waals surface area (Å²) in [6.07, 6.45) is -4.48. The third kappa shape index (κ3) is 3.34. The largest absolute Gasteiger partial charge is 0.465 e. The molecular weight excluding hydrogens is 283 g/mol. The second-order valence-electron chi connectivity index (χ2n) is 4.21. The number of alkyl halides is 3. The van der Waals surface area contributed by atoms with E-state index in [1.54, 1.807) is 12.1 Å². The molecule has 0 bridgehead atoms. The number of esters is 1. The highest BCUT2D eigenvalue weighted by Gasteiger charge is 2.33. The Kier molecular flexibility index (Phi) is 4.16. The zero-order chi connectivity index (χ0) is 15.5. The first-order valence-electron chi connectivity index (χ1n) is 6.04. The number of carbonyl (C=O) groups excluding carboxylic acids is 1. The van der Waals surface area contributed by atoms with E-state index in [1.165, 1.54) is 37.4 Å². The third-order valence-corrected chi connectivity index (χ3v) is 2.83. The molecular formula is C15H12F3NO2. The van der Waals surface area contributed by atoms with Crippen LogP contribution in [-0.2, 0) is 10.9 Å². The van der Waals surface area contributed by atoms with Crippen molar-refractivity contribution in [2.75, 3.05) is 12.4 Å². The topological polar surface area (TPSA) is 38.3 Å². The molecule has 6 heteroatoms. The molecule has 3 nitrogen and oxygen atoms in total. The number of hydrogen-bond donors (Lipinski definition) is 1. The van der Waals surface area contributed by atoms with Gasteiger partial charge in [-0.1, -0.05) is 24.3 Å². The van der Waals surface area contributed by atoms with Crippen LogP contribution in [0.25, 0.3) is 0 Å². The molecule has 0 atom stereocenters. The lowest BCUT2D eigenvalue weighted by Gasteiger charge is -2.16. The first-order chi connectivity index (χ1) is 9.93. The second-order valence-corrected chi connectivity index (χ2v) is 4.21. The molecule has 1 N–H and O–H groups in total. The van der Waals surface area contributed by atoms with Gasteiger partial charge < -0.3 is 10.1 Å². The van der Waals surface area contributed by atoms with Crippen LogP contribution in [0.3, 0.4) is 0 Å². The Morgan fingerprint density at radius 3 is 2.19 bits per heavy atom. The van der Waals surface area contributed by atoms with E-state index in [0.29, 0.717) is 0 Å². The summed E-state index contributed by atoms with van der Waals surface area (Å²) in [5, 5.41) is 2.64. The lowest BCUT2D eigenvalue weighted by atomic mass is 10.1. The van der Waals surface area contributed by atoms with Crippen molar-refractivity contribution in [2.45, 2.75) is 6.18 Å². The number of anilines is 2. The van der Waals surface area contributed by atoms with E-state index in [9.17, 15) is 18.0 Å². The van der Waals surface area contributed by atoms with E-state index in [2.05, 4.69) is 10.1 Å². The molecule has 0 aliphatic heterocycles. The average molecular weight is 295 g/mol. The van der Waals surface area contributed by atoms with Gasteiger partial charge in [-0.3, -0.25) is 0 Å². The minimum atomic E-state index is -4.48. The highest BCUT2D eigenvalue weighted by atomic mass is 19.4. The maximum absolute atomic E-state index is 12.9. The third-order valence-electron chi connectivity index (χ3n) is 2.83. The lowest BCUT2D eigenvalue weighted by Crippen LogP contribution is -2.10. The highest BCUT2D eigenvalue weighted by Crippen LogP contribution is 2.36. The zero-order valence-corrected chi connectivity index (χ0v) is 11.1. The summed E-state index contributed by atoms with van der Waals surface area (Å²) in [5.74, 6) is -0.623. The van der Waals surface area contributed by atoms with Crippen LogP contribution in [-0.4, -0.2) is 13.1 Å². The van der Waals surface area contributed by atoms with Crippen LogP contribution >= 0.6 is 0 Å². The van der Waals surface area contributed by atoms with Crippen molar-refractivity contribution in [1.29, 1.82) is 0 Å². The van der Waals surface area contributed by atoms with Crippen molar-refractivity contribution in [2.24, 2.45) is 0 Å². The standard InChI is InChI=1S/C15H12F3NO2/c1-21-14(20)10-6-2-4-8-12(10)19-13-9-5-3-7-11(13)15(16,17)18/h2-9,19H,1H3. The molecule has 0 saturated carbocycles. The molecule has 0 aliphatic rings. The first kappa shape index (κ1) is 14.9. The smallest absolute Gasteiger partial charge is 0.418 e. The fourth-order valence-corrected chi connectivity index (χ4v) is 1.86. The normalized spacial score (nSPS) is 11.0. The lowest BCUT2D eigenvalue weighted by molar-refractivity contribution is -0.136. The van der Waals surface area contributed by atoms with Crippen LogP contribution < -0.4 is 5.32 Å². The van der Waals surface area contributed by atoms with Gasteiger partial charge in [-0.15, -0.1) is 0 Å². The van der Waals surface area contributed by atoms with E-state index in [1.807, 2.05) is 0 Å². The summed E-state index contributed by atoms with van der Waals surface area (Å²) in [5.41, 5.74) is -0.510. The van der Waals surface area contributed by atoms with Crippen molar-refractivity contribution in [1.82, 2.24) is 0 Å². The molecule has 0 aliphatic carbocycles. The van der Waals surface area contributed by atoms with Gasteiger partial charge in [0.25, 0.3) is 0 Å². The van der Waals surface area contributed by atoms with Gasteiger partial charge in [0, 0.05) is 0 Å². The Balaban J connectivity index is 2.43. The van der Waals surface area contributed by atoms with Gasteiger partial charge in [-0.05, 0) is 24.3 Å². The van der Waals surface area contributed by atoms with Crippen LogP contribution in [0.4, 0.5) is 24.5 Å². The average Bonchev–Trinajstić information content (AvgIpc) is 2.46. The SMILES string of the molecule is COC(=O)c1ccccc1Nc1ccccc1C(F)(F)F. The number of rotatable bonds is 3. The number of halogens is 3. The summed E-state index contributed by atoms with van der Waals surface area (Å²) in [7, 11) is 1.21. The maximum atomic E-state index is 12.9. The number of hydrogen-bond acceptors (Lipinski definition) is 3. The molecule has 2 aromatic rings. The Labute approximate surface area is 119 Å². The number of nitrogens with one attached hydrogen (secondary N) is 1. The number of carbonyl (C=O) groups is 1. The zero-order valence-electron chi connectivity index (χ0n) is 11.1. The predicted molar refractivity (Wildman–Crippen MR) is 72.5 cm³/mol. The van der Waals surface area contributed by atoms with Gasteiger partial charge in [0.2, 0.25) is 0 Å². The van der Waals surface area contributed by atoms with Gasteiger partial charge >= 0.3 is 12.1 Å². The van der Waals surface area contributed by atoms with E-state index in [0.717, 1.165) is 6.07 Å². The van der Waals surface area contributed by atoms with Crippen molar-refractivity contribution in [3.05, 3.63) is 59.7 Å². The van der Waals surface area contributed by atoms with Gasteiger partial charge in [0.05, 0.1) is 29.6 Å².